The van der Waals surface area contributed by atoms with Gasteiger partial charge in [0.25, 0.3) is 5.91 Å². The van der Waals surface area contributed by atoms with Crippen LogP contribution in [0.5, 0.6) is 0 Å². The van der Waals surface area contributed by atoms with Crippen LogP contribution < -0.4 is 5.32 Å². The number of fused-ring (bicyclic) bond motifs is 1. The average molecular weight is 401 g/mol. The average Bonchev–Trinajstić information content (AvgIpc) is 2.94. The van der Waals surface area contributed by atoms with Crippen LogP contribution >= 0.6 is 15.9 Å². The number of nitrogens with one attached hydrogen (secondary N) is 1. The molecule has 0 saturated heterocycles. The van der Waals surface area contributed by atoms with Gasteiger partial charge in [0.15, 0.2) is 0 Å². The van der Waals surface area contributed by atoms with Crippen LogP contribution in [-0.2, 0) is 0 Å². The van der Waals surface area contributed by atoms with Gasteiger partial charge in [-0.2, -0.15) is 0 Å². The number of hydrogen-bond acceptors (Lipinski definition) is 3. The number of nitrogens with zero attached hydrogens (tertiary/aromatic N) is 1. The number of benzene rings is 2. The second-order valence-corrected chi connectivity index (χ2v) is 6.35. The van der Waals surface area contributed by atoms with Gasteiger partial charge in [-0.25, -0.2) is 4.79 Å². The first-order valence-electron chi connectivity index (χ1n) is 7.33. The molecule has 0 unspecified atom stereocenters. The number of carboxylic acids is 1. The molecule has 0 aliphatic rings. The highest BCUT2D eigenvalue weighted by molar-refractivity contribution is 9.10. The van der Waals surface area contributed by atoms with Crippen molar-refractivity contribution in [1.82, 2.24) is 4.57 Å². The molecular weight excluding hydrogens is 388 g/mol. The van der Waals surface area contributed by atoms with Crippen molar-refractivity contribution in [3.8, 4) is 0 Å². The van der Waals surface area contributed by atoms with Gasteiger partial charge in [0.2, 0.25) is 5.91 Å². The Kier molecular flexibility index (Phi) is 4.41. The van der Waals surface area contributed by atoms with Gasteiger partial charge in [0.05, 0.1) is 16.6 Å². The lowest BCUT2D eigenvalue weighted by Crippen LogP contribution is -2.12. The maximum Gasteiger partial charge on any atom is 0.335 e. The van der Waals surface area contributed by atoms with Crippen LogP contribution in [0.25, 0.3) is 10.9 Å². The van der Waals surface area contributed by atoms with E-state index in [1.54, 1.807) is 30.3 Å². The molecule has 25 heavy (non-hydrogen) atoms. The van der Waals surface area contributed by atoms with E-state index in [2.05, 4.69) is 21.2 Å². The summed E-state index contributed by atoms with van der Waals surface area (Å²) in [5.41, 5.74) is 1.37. The molecule has 2 N–H and O–H groups in total. The van der Waals surface area contributed by atoms with Crippen molar-refractivity contribution in [1.29, 1.82) is 0 Å². The number of halogens is 1. The Balaban J connectivity index is 2.01. The summed E-state index contributed by atoms with van der Waals surface area (Å²) in [4.78, 5) is 35.6. The van der Waals surface area contributed by atoms with Crippen LogP contribution in [0.4, 0.5) is 5.69 Å². The van der Waals surface area contributed by atoms with Crippen LogP contribution in [0.1, 0.15) is 32.4 Å². The number of aromatic carboxylic acids is 1. The fourth-order valence-electron chi connectivity index (χ4n) is 2.60. The molecule has 126 valence electrons. The minimum Gasteiger partial charge on any atom is -0.478 e. The van der Waals surface area contributed by atoms with Gasteiger partial charge in [-0.15, -0.1) is 0 Å². The number of carbonyl (C=O) groups is 3. The maximum atomic E-state index is 12.7. The lowest BCUT2D eigenvalue weighted by molar-refractivity contribution is 0.0696. The Morgan fingerprint density at radius 2 is 1.84 bits per heavy atom. The Labute approximate surface area is 151 Å². The number of anilines is 1. The van der Waals surface area contributed by atoms with Gasteiger partial charge < -0.3 is 10.4 Å². The Bertz CT molecular complexity index is 1020. The fraction of sp³-hybridized carbons (Fsp3) is 0.0556. The van der Waals surface area contributed by atoms with Crippen LogP contribution in [0, 0.1) is 0 Å². The smallest absolute Gasteiger partial charge is 0.335 e. The van der Waals surface area contributed by atoms with Gasteiger partial charge in [-0.05, 0) is 24.3 Å². The van der Waals surface area contributed by atoms with Crippen molar-refractivity contribution >= 4 is 50.3 Å². The quantitative estimate of drug-likeness (QED) is 0.694. The summed E-state index contributed by atoms with van der Waals surface area (Å²) in [7, 11) is 0. The van der Waals surface area contributed by atoms with E-state index in [9.17, 15) is 14.4 Å². The molecule has 0 spiro atoms. The minimum atomic E-state index is -1.09. The molecule has 0 saturated carbocycles. The third kappa shape index (κ3) is 3.32. The molecule has 0 atom stereocenters. The summed E-state index contributed by atoms with van der Waals surface area (Å²) in [6, 6.07) is 11.5. The van der Waals surface area contributed by atoms with E-state index in [-0.39, 0.29) is 11.5 Å². The van der Waals surface area contributed by atoms with Crippen LogP contribution in [0.3, 0.4) is 0 Å². The highest BCUT2D eigenvalue weighted by Crippen LogP contribution is 2.24. The second-order valence-electron chi connectivity index (χ2n) is 5.44. The van der Waals surface area contributed by atoms with Crippen molar-refractivity contribution in [3.63, 3.8) is 0 Å². The standard InChI is InChI=1S/C18H13BrN2O4/c1-10(22)21-9-15(14-4-2-3-5-16(14)21)17(23)20-13-7-11(18(24)25)6-12(19)8-13/h2-9H,1H3,(H,20,23)(H,24,25). The van der Waals surface area contributed by atoms with Crippen LogP contribution in [0.15, 0.2) is 53.1 Å². The highest BCUT2D eigenvalue weighted by Gasteiger charge is 2.17. The molecule has 0 bridgehead atoms. The van der Waals surface area contributed by atoms with E-state index < -0.39 is 11.9 Å². The van der Waals surface area contributed by atoms with Gasteiger partial charge >= 0.3 is 5.97 Å². The van der Waals surface area contributed by atoms with Crippen LogP contribution in [0.2, 0.25) is 0 Å². The molecule has 1 aromatic heterocycles. The molecule has 0 fully saturated rings. The van der Waals surface area contributed by atoms with Gasteiger partial charge in [0.1, 0.15) is 0 Å². The van der Waals surface area contributed by atoms with Crippen molar-refractivity contribution in [2.24, 2.45) is 0 Å². The van der Waals surface area contributed by atoms with Crippen molar-refractivity contribution in [2.45, 2.75) is 6.92 Å². The molecule has 7 heteroatoms. The van der Waals surface area contributed by atoms with Gasteiger partial charge in [-0.3, -0.25) is 14.2 Å². The topological polar surface area (TPSA) is 88.4 Å². The molecule has 3 aromatic rings. The lowest BCUT2D eigenvalue weighted by Gasteiger charge is -2.06. The van der Waals surface area contributed by atoms with E-state index in [1.165, 1.54) is 29.8 Å². The van der Waals surface area contributed by atoms with E-state index in [4.69, 9.17) is 5.11 Å². The zero-order valence-corrected chi connectivity index (χ0v) is 14.7. The van der Waals surface area contributed by atoms with Gasteiger partial charge in [-0.1, -0.05) is 34.1 Å². The first-order chi connectivity index (χ1) is 11.9. The molecule has 1 amide bonds. The number of amides is 1. The number of para-hydroxylation sites is 1. The molecule has 0 aliphatic carbocycles. The SMILES string of the molecule is CC(=O)n1cc(C(=O)Nc2cc(Br)cc(C(=O)O)c2)c2ccccc21. The van der Waals surface area contributed by atoms with E-state index >= 15 is 0 Å². The summed E-state index contributed by atoms with van der Waals surface area (Å²) >= 11 is 3.23. The minimum absolute atomic E-state index is 0.0517. The summed E-state index contributed by atoms with van der Waals surface area (Å²) in [6.45, 7) is 1.42. The zero-order valence-electron chi connectivity index (χ0n) is 13.1. The first-order valence-corrected chi connectivity index (χ1v) is 8.12. The highest BCUT2D eigenvalue weighted by atomic mass is 79.9. The van der Waals surface area contributed by atoms with Crippen molar-refractivity contribution in [3.05, 3.63) is 64.3 Å². The Morgan fingerprint density at radius 3 is 2.52 bits per heavy atom. The molecule has 2 aromatic carbocycles. The Morgan fingerprint density at radius 1 is 1.12 bits per heavy atom. The van der Waals surface area contributed by atoms with Crippen LogP contribution in [-0.4, -0.2) is 27.5 Å². The number of rotatable bonds is 3. The molecule has 6 nitrogen and oxygen atoms in total. The lowest BCUT2D eigenvalue weighted by atomic mass is 10.1. The first kappa shape index (κ1) is 16.9. The summed E-state index contributed by atoms with van der Waals surface area (Å²) in [5.74, 6) is -1.72. The summed E-state index contributed by atoms with van der Waals surface area (Å²) in [5, 5.41) is 12.4. The monoisotopic (exact) mass is 400 g/mol. The third-order valence-electron chi connectivity index (χ3n) is 3.70. The predicted octanol–water partition coefficient (Wildman–Crippen LogP) is 4.01. The molecule has 1 heterocycles. The third-order valence-corrected chi connectivity index (χ3v) is 4.16. The van der Waals surface area contributed by atoms with E-state index in [0.29, 0.717) is 26.6 Å². The summed E-state index contributed by atoms with van der Waals surface area (Å²) < 4.78 is 1.95. The van der Waals surface area contributed by atoms with E-state index in [1.807, 2.05) is 0 Å². The fourth-order valence-corrected chi connectivity index (χ4v) is 3.10. The Hall–Kier alpha value is -2.93. The number of carbonyl (C=O) groups excluding carboxylic acids is 2. The van der Waals surface area contributed by atoms with E-state index in [0.717, 1.165) is 0 Å². The molecule has 0 radical (unpaired) electrons. The van der Waals surface area contributed by atoms with Gasteiger partial charge in [0, 0.05) is 28.7 Å². The maximum absolute atomic E-state index is 12.7. The molecule has 3 rings (SSSR count). The number of aromatic nitrogens is 1. The van der Waals surface area contributed by atoms with Crippen molar-refractivity contribution in [2.75, 3.05) is 5.32 Å². The number of hydrogen-bond donors (Lipinski definition) is 2. The zero-order chi connectivity index (χ0) is 18.1. The predicted molar refractivity (Wildman–Crippen MR) is 97.3 cm³/mol. The summed E-state index contributed by atoms with van der Waals surface area (Å²) in [6.07, 6.45) is 1.48. The molecular formula is C18H13BrN2O4. The second kappa shape index (κ2) is 6.52. The molecule has 0 aliphatic heterocycles. The van der Waals surface area contributed by atoms with Crippen molar-refractivity contribution < 1.29 is 19.5 Å². The largest absolute Gasteiger partial charge is 0.478 e. The normalized spacial score (nSPS) is 10.6. The number of carboxylic acid groups (broad SMARTS) is 1.